The molecule has 17 heavy (non-hydrogen) atoms. The first-order chi connectivity index (χ1) is 7.98. The van der Waals surface area contributed by atoms with Gasteiger partial charge in [0.25, 0.3) is 0 Å². The minimum atomic E-state index is -4.43. The number of hydrogen-bond acceptors (Lipinski definition) is 3. The summed E-state index contributed by atoms with van der Waals surface area (Å²) in [4.78, 5) is 11.3. The predicted octanol–water partition coefficient (Wildman–Crippen LogP) is 2.87. The average Bonchev–Trinajstić information content (AvgIpc) is 2.28. The van der Waals surface area contributed by atoms with E-state index < -0.39 is 11.9 Å². The molecule has 0 saturated carbocycles. The van der Waals surface area contributed by atoms with Gasteiger partial charge in [0.1, 0.15) is 5.69 Å². The van der Waals surface area contributed by atoms with Crippen LogP contribution in [0, 0.1) is 6.92 Å². The Kier molecular flexibility index (Phi) is 2.79. The molecular formula is C11H8F3N3. The standard InChI is InChI=1S/C11H8F3N3/c1-7-4-8(9-6-15-2-3-16-9)5-17-10(7)11(12,13)14/h2-6H,1H3. The molecule has 0 unspecified atom stereocenters. The monoisotopic (exact) mass is 239 g/mol. The molecule has 0 N–H and O–H groups in total. The van der Waals surface area contributed by atoms with Crippen LogP contribution in [0.5, 0.6) is 0 Å². The van der Waals surface area contributed by atoms with Crippen LogP contribution in [0.15, 0.2) is 30.9 Å². The van der Waals surface area contributed by atoms with Crippen LogP contribution in [-0.2, 0) is 6.18 Å². The van der Waals surface area contributed by atoms with Crippen LogP contribution < -0.4 is 0 Å². The largest absolute Gasteiger partial charge is 0.433 e. The van der Waals surface area contributed by atoms with E-state index in [9.17, 15) is 13.2 Å². The van der Waals surface area contributed by atoms with Gasteiger partial charge < -0.3 is 0 Å². The Morgan fingerprint density at radius 2 is 1.82 bits per heavy atom. The zero-order chi connectivity index (χ0) is 12.5. The van der Waals surface area contributed by atoms with Crippen molar-refractivity contribution < 1.29 is 13.2 Å². The average molecular weight is 239 g/mol. The second-order valence-electron chi connectivity index (χ2n) is 3.48. The van der Waals surface area contributed by atoms with Crippen LogP contribution in [0.4, 0.5) is 13.2 Å². The van der Waals surface area contributed by atoms with Crippen LogP contribution >= 0.6 is 0 Å². The first kappa shape index (κ1) is 11.5. The summed E-state index contributed by atoms with van der Waals surface area (Å²) in [7, 11) is 0. The van der Waals surface area contributed by atoms with Crippen molar-refractivity contribution in [3.63, 3.8) is 0 Å². The van der Waals surface area contributed by atoms with Crippen molar-refractivity contribution in [2.45, 2.75) is 13.1 Å². The number of nitrogens with zero attached hydrogens (tertiary/aromatic N) is 3. The number of halogens is 3. The number of aromatic nitrogens is 3. The van der Waals surface area contributed by atoms with E-state index in [2.05, 4.69) is 15.0 Å². The highest BCUT2D eigenvalue weighted by Crippen LogP contribution is 2.31. The number of hydrogen-bond donors (Lipinski definition) is 0. The molecule has 0 aliphatic heterocycles. The van der Waals surface area contributed by atoms with Crippen molar-refractivity contribution in [1.82, 2.24) is 15.0 Å². The topological polar surface area (TPSA) is 38.7 Å². The molecule has 2 rings (SSSR count). The van der Waals surface area contributed by atoms with Crippen LogP contribution in [0.25, 0.3) is 11.3 Å². The fourth-order valence-corrected chi connectivity index (χ4v) is 1.46. The predicted molar refractivity (Wildman–Crippen MR) is 55.0 cm³/mol. The minimum absolute atomic E-state index is 0.0700. The second kappa shape index (κ2) is 4.12. The van der Waals surface area contributed by atoms with Crippen molar-refractivity contribution >= 4 is 0 Å². The zero-order valence-corrected chi connectivity index (χ0v) is 8.86. The van der Waals surface area contributed by atoms with Gasteiger partial charge in [-0.2, -0.15) is 13.2 Å². The van der Waals surface area contributed by atoms with Gasteiger partial charge in [-0.3, -0.25) is 15.0 Å². The molecule has 2 aromatic heterocycles. The molecule has 0 spiro atoms. The number of rotatable bonds is 1. The third-order valence-electron chi connectivity index (χ3n) is 2.21. The summed E-state index contributed by atoms with van der Waals surface area (Å²) in [5, 5.41) is 0. The number of pyridine rings is 1. The lowest BCUT2D eigenvalue weighted by Gasteiger charge is -2.09. The highest BCUT2D eigenvalue weighted by Gasteiger charge is 2.34. The lowest BCUT2D eigenvalue weighted by molar-refractivity contribution is -0.141. The molecular weight excluding hydrogens is 231 g/mol. The molecule has 0 aliphatic rings. The molecule has 88 valence electrons. The van der Waals surface area contributed by atoms with Crippen LogP contribution in [0.3, 0.4) is 0 Å². The van der Waals surface area contributed by atoms with Crippen molar-refractivity contribution in [3.8, 4) is 11.3 Å². The SMILES string of the molecule is Cc1cc(-c2cnccn2)cnc1C(F)(F)F. The molecule has 0 amide bonds. The Morgan fingerprint density at radius 1 is 1.06 bits per heavy atom. The molecule has 0 radical (unpaired) electrons. The summed E-state index contributed by atoms with van der Waals surface area (Å²) < 4.78 is 37.5. The molecule has 0 atom stereocenters. The molecule has 0 fully saturated rings. The van der Waals surface area contributed by atoms with Crippen molar-refractivity contribution in [2.24, 2.45) is 0 Å². The van der Waals surface area contributed by atoms with Gasteiger partial charge in [0.2, 0.25) is 0 Å². The molecule has 2 aromatic rings. The quantitative estimate of drug-likeness (QED) is 0.768. The van der Waals surface area contributed by atoms with E-state index in [-0.39, 0.29) is 5.56 Å². The fourth-order valence-electron chi connectivity index (χ4n) is 1.46. The summed E-state index contributed by atoms with van der Waals surface area (Å²) >= 11 is 0. The van der Waals surface area contributed by atoms with Crippen molar-refractivity contribution in [1.29, 1.82) is 0 Å². The van der Waals surface area contributed by atoms with Crippen LogP contribution in [-0.4, -0.2) is 15.0 Å². The van der Waals surface area contributed by atoms with Gasteiger partial charge in [0, 0.05) is 24.2 Å². The maximum atomic E-state index is 12.5. The van der Waals surface area contributed by atoms with E-state index in [4.69, 9.17) is 0 Å². The summed E-state index contributed by atoms with van der Waals surface area (Å²) in [5.74, 6) is 0. The van der Waals surface area contributed by atoms with Crippen LogP contribution in [0.1, 0.15) is 11.3 Å². The molecule has 0 aromatic carbocycles. The van der Waals surface area contributed by atoms with Gasteiger partial charge in [-0.15, -0.1) is 0 Å². The zero-order valence-electron chi connectivity index (χ0n) is 8.86. The lowest BCUT2D eigenvalue weighted by Crippen LogP contribution is -2.10. The Morgan fingerprint density at radius 3 is 2.35 bits per heavy atom. The molecule has 2 heterocycles. The summed E-state index contributed by atoms with van der Waals surface area (Å²) in [6, 6.07) is 1.40. The lowest BCUT2D eigenvalue weighted by atomic mass is 10.1. The van der Waals surface area contributed by atoms with E-state index >= 15 is 0 Å². The number of aryl methyl sites for hydroxylation is 1. The number of alkyl halides is 3. The molecule has 0 aliphatic carbocycles. The summed E-state index contributed by atoms with van der Waals surface area (Å²) in [6.45, 7) is 1.37. The van der Waals surface area contributed by atoms with Gasteiger partial charge in [-0.05, 0) is 18.6 Å². The maximum absolute atomic E-state index is 12.5. The van der Waals surface area contributed by atoms with Gasteiger partial charge in [0.05, 0.1) is 11.9 Å². The highest BCUT2D eigenvalue weighted by atomic mass is 19.4. The maximum Gasteiger partial charge on any atom is 0.433 e. The van der Waals surface area contributed by atoms with E-state index in [1.165, 1.54) is 31.6 Å². The van der Waals surface area contributed by atoms with E-state index in [0.29, 0.717) is 11.3 Å². The smallest absolute Gasteiger partial charge is 0.261 e. The molecule has 6 heteroatoms. The van der Waals surface area contributed by atoms with E-state index in [1.807, 2.05) is 0 Å². The normalized spacial score (nSPS) is 11.5. The fraction of sp³-hybridized carbons (Fsp3) is 0.182. The van der Waals surface area contributed by atoms with Gasteiger partial charge in [0.15, 0.2) is 0 Å². The Balaban J connectivity index is 2.45. The van der Waals surface area contributed by atoms with Gasteiger partial charge in [-0.25, -0.2) is 0 Å². The van der Waals surface area contributed by atoms with E-state index in [1.54, 1.807) is 0 Å². The van der Waals surface area contributed by atoms with Crippen LogP contribution in [0.2, 0.25) is 0 Å². The van der Waals surface area contributed by atoms with Crippen molar-refractivity contribution in [2.75, 3.05) is 0 Å². The minimum Gasteiger partial charge on any atom is -0.261 e. The molecule has 3 nitrogen and oxygen atoms in total. The Bertz CT molecular complexity index is 523. The van der Waals surface area contributed by atoms with Crippen molar-refractivity contribution in [3.05, 3.63) is 42.1 Å². The second-order valence-corrected chi connectivity index (χ2v) is 3.48. The van der Waals surface area contributed by atoms with Gasteiger partial charge >= 0.3 is 6.18 Å². The summed E-state index contributed by atoms with van der Waals surface area (Å²) in [5.41, 5.74) is 0.214. The summed E-state index contributed by atoms with van der Waals surface area (Å²) in [6.07, 6.45) is 1.17. The van der Waals surface area contributed by atoms with E-state index in [0.717, 1.165) is 6.20 Å². The molecule has 0 bridgehead atoms. The first-order valence-electron chi connectivity index (χ1n) is 4.78. The first-order valence-corrected chi connectivity index (χ1v) is 4.78. The van der Waals surface area contributed by atoms with Gasteiger partial charge in [-0.1, -0.05) is 0 Å². The Labute approximate surface area is 95.4 Å². The third kappa shape index (κ3) is 2.41. The third-order valence-corrected chi connectivity index (χ3v) is 2.21. The molecule has 0 saturated heterocycles. The Hall–Kier alpha value is -1.98. The highest BCUT2D eigenvalue weighted by molar-refractivity contribution is 5.58.